The van der Waals surface area contributed by atoms with Crippen LogP contribution in [0.15, 0.2) is 47.4 Å². The van der Waals surface area contributed by atoms with E-state index in [0.717, 1.165) is 12.8 Å². The summed E-state index contributed by atoms with van der Waals surface area (Å²) >= 11 is 0. The first-order chi connectivity index (χ1) is 9.06. The Hall–Kier alpha value is -1.62. The molecule has 0 heterocycles. The summed E-state index contributed by atoms with van der Waals surface area (Å²) in [6, 6.07) is 7.98. The van der Waals surface area contributed by atoms with Crippen LogP contribution in [0.5, 0.6) is 0 Å². The Labute approximate surface area is 112 Å². The van der Waals surface area contributed by atoms with Crippen molar-refractivity contribution < 1.29 is 13.2 Å². The lowest BCUT2D eigenvalue weighted by molar-refractivity contribution is -0.123. The third kappa shape index (κ3) is 2.30. The zero-order valence-electron chi connectivity index (χ0n) is 10.3. The molecule has 1 amide bonds. The van der Waals surface area contributed by atoms with E-state index in [-0.39, 0.29) is 22.6 Å². The van der Waals surface area contributed by atoms with Crippen LogP contribution in [0.25, 0.3) is 0 Å². The number of carbonyl (C=O) groups is 1. The second kappa shape index (κ2) is 4.49. The van der Waals surface area contributed by atoms with Gasteiger partial charge in [-0.05, 0) is 36.8 Å². The summed E-state index contributed by atoms with van der Waals surface area (Å²) in [7, 11) is -3.74. The van der Waals surface area contributed by atoms with Gasteiger partial charge in [0.15, 0.2) is 0 Å². The largest absolute Gasteiger partial charge is 0.274 e. The molecule has 4 nitrogen and oxygen atoms in total. The summed E-state index contributed by atoms with van der Waals surface area (Å²) in [6.07, 6.45) is 5.90. The maximum absolute atomic E-state index is 12.1. The minimum Gasteiger partial charge on any atom is -0.274 e. The number of fused-ring (bicyclic) bond motifs is 2. The molecule has 5 heteroatoms. The Morgan fingerprint density at radius 2 is 1.84 bits per heavy atom. The fraction of sp³-hybridized carbons (Fsp3) is 0.357. The average Bonchev–Trinajstić information content (AvgIpc) is 3.01. The molecule has 1 fully saturated rings. The molecular formula is C14H15NO3S. The molecule has 1 N–H and O–H groups in total. The Morgan fingerprint density at radius 3 is 2.42 bits per heavy atom. The first kappa shape index (κ1) is 12.4. The van der Waals surface area contributed by atoms with Gasteiger partial charge < -0.3 is 0 Å². The Kier molecular flexibility index (Phi) is 2.93. The Balaban J connectivity index is 1.75. The van der Waals surface area contributed by atoms with Crippen LogP contribution < -0.4 is 4.72 Å². The van der Waals surface area contributed by atoms with Crippen molar-refractivity contribution in [2.45, 2.75) is 17.7 Å². The van der Waals surface area contributed by atoms with Crippen molar-refractivity contribution in [1.82, 2.24) is 4.72 Å². The summed E-state index contributed by atoms with van der Waals surface area (Å²) in [5.74, 6) is 0.0744. The molecule has 0 radical (unpaired) electrons. The van der Waals surface area contributed by atoms with E-state index < -0.39 is 10.0 Å². The van der Waals surface area contributed by atoms with Crippen LogP contribution in [-0.4, -0.2) is 14.3 Å². The molecule has 2 bridgehead atoms. The van der Waals surface area contributed by atoms with Gasteiger partial charge in [-0.25, -0.2) is 13.1 Å². The lowest BCUT2D eigenvalue weighted by atomic mass is 9.93. The zero-order valence-corrected chi connectivity index (χ0v) is 11.1. The highest BCUT2D eigenvalue weighted by Crippen LogP contribution is 2.43. The van der Waals surface area contributed by atoms with Gasteiger partial charge in [-0.3, -0.25) is 4.79 Å². The van der Waals surface area contributed by atoms with Gasteiger partial charge in [0.1, 0.15) is 0 Å². The smallest absolute Gasteiger partial charge is 0.264 e. The normalized spacial score (nSPS) is 28.5. The van der Waals surface area contributed by atoms with E-state index in [2.05, 4.69) is 10.8 Å². The molecule has 0 aliphatic heterocycles. The molecule has 1 aromatic rings. The van der Waals surface area contributed by atoms with E-state index in [9.17, 15) is 13.2 Å². The third-order valence-electron chi connectivity index (χ3n) is 3.90. The van der Waals surface area contributed by atoms with Crippen LogP contribution >= 0.6 is 0 Å². The van der Waals surface area contributed by atoms with Crippen LogP contribution in [-0.2, 0) is 14.8 Å². The topological polar surface area (TPSA) is 63.2 Å². The maximum Gasteiger partial charge on any atom is 0.264 e. The first-order valence-electron chi connectivity index (χ1n) is 6.36. The van der Waals surface area contributed by atoms with Gasteiger partial charge in [0, 0.05) is 5.92 Å². The van der Waals surface area contributed by atoms with Gasteiger partial charge in [0.05, 0.1) is 4.90 Å². The molecule has 100 valence electrons. The number of nitrogens with one attached hydrogen (secondary N) is 1. The van der Waals surface area contributed by atoms with Crippen LogP contribution in [0.2, 0.25) is 0 Å². The van der Waals surface area contributed by atoms with Crippen molar-refractivity contribution in [3.8, 4) is 0 Å². The van der Waals surface area contributed by atoms with Crippen LogP contribution in [0.3, 0.4) is 0 Å². The monoisotopic (exact) mass is 277 g/mol. The number of hydrogen-bond donors (Lipinski definition) is 1. The van der Waals surface area contributed by atoms with Gasteiger partial charge in [0.2, 0.25) is 5.91 Å². The van der Waals surface area contributed by atoms with E-state index in [1.807, 2.05) is 6.08 Å². The van der Waals surface area contributed by atoms with E-state index in [1.165, 1.54) is 12.1 Å². The molecule has 19 heavy (non-hydrogen) atoms. The van der Waals surface area contributed by atoms with Crippen LogP contribution in [0, 0.1) is 17.8 Å². The zero-order chi connectivity index (χ0) is 13.5. The summed E-state index contributed by atoms with van der Waals surface area (Å²) < 4.78 is 26.3. The molecule has 1 aromatic carbocycles. The SMILES string of the molecule is O=C(NS(=O)(=O)c1ccccc1)C1CC2C=CC1C2. The van der Waals surface area contributed by atoms with Crippen LogP contribution in [0.1, 0.15) is 12.8 Å². The molecule has 0 saturated heterocycles. The van der Waals surface area contributed by atoms with E-state index in [0.29, 0.717) is 5.92 Å². The maximum atomic E-state index is 12.1. The summed E-state index contributed by atoms with van der Waals surface area (Å²) in [5.41, 5.74) is 0. The summed E-state index contributed by atoms with van der Waals surface area (Å²) in [5, 5.41) is 0. The van der Waals surface area contributed by atoms with E-state index in [4.69, 9.17) is 0 Å². The van der Waals surface area contributed by atoms with Crippen molar-refractivity contribution in [1.29, 1.82) is 0 Å². The molecule has 0 aromatic heterocycles. The number of benzene rings is 1. The molecule has 1 saturated carbocycles. The molecule has 2 aliphatic carbocycles. The summed E-state index contributed by atoms with van der Waals surface area (Å²) in [6.45, 7) is 0. The minimum absolute atomic E-state index is 0.127. The van der Waals surface area contributed by atoms with Crippen molar-refractivity contribution in [2.24, 2.45) is 17.8 Å². The predicted molar refractivity (Wildman–Crippen MR) is 70.6 cm³/mol. The fourth-order valence-electron chi connectivity index (χ4n) is 2.95. The predicted octanol–water partition coefficient (Wildman–Crippen LogP) is 1.70. The van der Waals surface area contributed by atoms with E-state index in [1.54, 1.807) is 18.2 Å². The van der Waals surface area contributed by atoms with Gasteiger partial charge in [0.25, 0.3) is 10.0 Å². The van der Waals surface area contributed by atoms with Crippen molar-refractivity contribution in [3.05, 3.63) is 42.5 Å². The second-order valence-electron chi connectivity index (χ2n) is 5.17. The molecule has 2 aliphatic rings. The number of rotatable bonds is 3. The highest BCUT2D eigenvalue weighted by Gasteiger charge is 2.40. The molecule has 3 unspecified atom stereocenters. The number of sulfonamides is 1. The minimum atomic E-state index is -3.74. The van der Waals surface area contributed by atoms with Crippen molar-refractivity contribution >= 4 is 15.9 Å². The lowest BCUT2D eigenvalue weighted by Gasteiger charge is -2.17. The molecule has 3 rings (SSSR count). The number of allylic oxidation sites excluding steroid dienone is 2. The van der Waals surface area contributed by atoms with Gasteiger partial charge in [-0.2, -0.15) is 0 Å². The molecule has 3 atom stereocenters. The Bertz CT molecular complexity index is 621. The molecular weight excluding hydrogens is 262 g/mol. The summed E-state index contributed by atoms with van der Waals surface area (Å²) in [4.78, 5) is 12.2. The van der Waals surface area contributed by atoms with Gasteiger partial charge in [-0.15, -0.1) is 0 Å². The number of amides is 1. The van der Waals surface area contributed by atoms with Gasteiger partial charge in [-0.1, -0.05) is 30.4 Å². The van der Waals surface area contributed by atoms with E-state index >= 15 is 0 Å². The van der Waals surface area contributed by atoms with Gasteiger partial charge >= 0.3 is 0 Å². The highest BCUT2D eigenvalue weighted by atomic mass is 32.2. The fourth-order valence-corrected chi connectivity index (χ4v) is 4.00. The molecule has 0 spiro atoms. The van der Waals surface area contributed by atoms with Crippen molar-refractivity contribution in [3.63, 3.8) is 0 Å². The standard InChI is InChI=1S/C14H15NO3S/c16-14(13-9-10-6-7-11(13)8-10)15-19(17,18)12-4-2-1-3-5-12/h1-7,10-11,13H,8-9H2,(H,15,16). The quantitative estimate of drug-likeness (QED) is 0.855. The Morgan fingerprint density at radius 1 is 1.11 bits per heavy atom. The first-order valence-corrected chi connectivity index (χ1v) is 7.84. The average molecular weight is 277 g/mol. The lowest BCUT2D eigenvalue weighted by Crippen LogP contribution is -2.37. The van der Waals surface area contributed by atoms with Crippen LogP contribution in [0.4, 0.5) is 0 Å². The number of hydrogen-bond acceptors (Lipinski definition) is 3. The second-order valence-corrected chi connectivity index (χ2v) is 6.85. The highest BCUT2D eigenvalue weighted by molar-refractivity contribution is 7.90. The third-order valence-corrected chi connectivity index (χ3v) is 5.27. The number of carbonyl (C=O) groups excluding carboxylic acids is 1. The van der Waals surface area contributed by atoms with Crippen molar-refractivity contribution in [2.75, 3.05) is 0 Å².